The van der Waals surface area contributed by atoms with Crippen LogP contribution in [0.2, 0.25) is 0 Å². The first-order chi connectivity index (χ1) is 14.0. The molecule has 3 nitrogen and oxygen atoms in total. The van der Waals surface area contributed by atoms with Gasteiger partial charge in [-0.1, -0.05) is 57.2 Å². The molecule has 0 aromatic heterocycles. The van der Waals surface area contributed by atoms with Gasteiger partial charge in [0.25, 0.3) is 0 Å². The van der Waals surface area contributed by atoms with E-state index >= 15 is 0 Å². The molecule has 0 atom stereocenters. The lowest BCUT2D eigenvalue weighted by atomic mass is 10.2. The second-order valence-corrected chi connectivity index (χ2v) is 9.50. The van der Waals surface area contributed by atoms with Crippen molar-refractivity contribution in [1.29, 1.82) is 0 Å². The summed E-state index contributed by atoms with van der Waals surface area (Å²) >= 11 is 5.78. The van der Waals surface area contributed by atoms with Gasteiger partial charge < -0.3 is 13.6 Å². The van der Waals surface area contributed by atoms with Crippen LogP contribution in [0.5, 0.6) is 17.2 Å². The number of hydrogen-bond donors (Lipinski definition) is 0. The fourth-order valence-corrected chi connectivity index (χ4v) is 4.83. The first-order valence-corrected chi connectivity index (χ1v) is 12.5. The molecule has 3 aromatic carbocycles. The molecular formula is C24H27O3PS. The van der Waals surface area contributed by atoms with Crippen LogP contribution >= 0.6 is 6.72 Å². The zero-order valence-corrected chi connectivity index (χ0v) is 18.8. The molecule has 0 fully saturated rings. The van der Waals surface area contributed by atoms with E-state index in [1.165, 1.54) is 16.7 Å². The minimum Gasteiger partial charge on any atom is -0.407 e. The minimum absolute atomic E-state index is 0.640. The molecule has 29 heavy (non-hydrogen) atoms. The highest BCUT2D eigenvalue weighted by molar-refractivity contribution is 8.08. The molecule has 0 aliphatic heterocycles. The number of aryl methyl sites for hydroxylation is 3. The van der Waals surface area contributed by atoms with Gasteiger partial charge >= 0.3 is 6.72 Å². The van der Waals surface area contributed by atoms with E-state index in [2.05, 4.69) is 20.8 Å². The van der Waals surface area contributed by atoms with Crippen molar-refractivity contribution in [2.24, 2.45) is 0 Å². The standard InChI is InChI=1S/C24H27O3PS/c1-4-19-7-13-22(14-8-19)25-28(29,26-23-15-9-20(5-2)10-16-23)27-24-17-11-21(6-3)12-18-24/h7-18H,4-6H2,1-3H3. The molecule has 0 amide bonds. The molecule has 0 saturated carbocycles. The molecule has 3 rings (SSSR count). The Labute approximate surface area is 178 Å². The highest BCUT2D eigenvalue weighted by Crippen LogP contribution is 2.50. The van der Waals surface area contributed by atoms with E-state index < -0.39 is 6.72 Å². The maximum atomic E-state index is 6.10. The summed E-state index contributed by atoms with van der Waals surface area (Å²) in [7, 11) is 0. The van der Waals surface area contributed by atoms with E-state index in [1.807, 2.05) is 72.8 Å². The van der Waals surface area contributed by atoms with Crippen LogP contribution in [-0.2, 0) is 31.1 Å². The Balaban J connectivity index is 1.85. The maximum Gasteiger partial charge on any atom is 0.490 e. The number of benzene rings is 3. The summed E-state index contributed by atoms with van der Waals surface area (Å²) in [6.45, 7) is 3.23. The lowest BCUT2D eigenvalue weighted by molar-refractivity contribution is 0.384. The lowest BCUT2D eigenvalue weighted by Gasteiger charge is -2.23. The Bertz CT molecular complexity index is 824. The summed E-state index contributed by atoms with van der Waals surface area (Å²) in [5.74, 6) is 1.92. The minimum atomic E-state index is -3.12. The van der Waals surface area contributed by atoms with E-state index in [1.54, 1.807) is 0 Å². The van der Waals surface area contributed by atoms with E-state index in [0.29, 0.717) is 17.2 Å². The zero-order valence-electron chi connectivity index (χ0n) is 17.1. The van der Waals surface area contributed by atoms with Crippen molar-refractivity contribution in [3.63, 3.8) is 0 Å². The average molecular weight is 427 g/mol. The van der Waals surface area contributed by atoms with Crippen molar-refractivity contribution < 1.29 is 13.6 Å². The first kappa shape index (κ1) is 21.4. The van der Waals surface area contributed by atoms with Gasteiger partial charge in [0.05, 0.1) is 0 Å². The number of hydrogen-bond acceptors (Lipinski definition) is 4. The van der Waals surface area contributed by atoms with Gasteiger partial charge in [-0.3, -0.25) is 0 Å². The first-order valence-electron chi connectivity index (χ1n) is 9.99. The Morgan fingerprint density at radius 2 is 0.759 bits per heavy atom. The molecule has 5 heteroatoms. The second kappa shape index (κ2) is 9.96. The van der Waals surface area contributed by atoms with Crippen LogP contribution < -0.4 is 13.6 Å². The molecule has 0 heterocycles. The van der Waals surface area contributed by atoms with Crippen LogP contribution in [-0.4, -0.2) is 0 Å². The second-order valence-electron chi connectivity index (χ2n) is 6.71. The van der Waals surface area contributed by atoms with Crippen LogP contribution in [0.3, 0.4) is 0 Å². The fourth-order valence-electron chi connectivity index (χ4n) is 2.80. The summed E-state index contributed by atoms with van der Waals surface area (Å²) < 4.78 is 18.3. The average Bonchev–Trinajstić information content (AvgIpc) is 2.75. The van der Waals surface area contributed by atoms with Gasteiger partial charge in [-0.2, -0.15) is 0 Å². The van der Waals surface area contributed by atoms with Gasteiger partial charge in [-0.15, -0.1) is 0 Å². The molecule has 0 saturated heterocycles. The molecule has 0 bridgehead atoms. The van der Waals surface area contributed by atoms with Gasteiger partial charge in [0.15, 0.2) is 0 Å². The summed E-state index contributed by atoms with van der Waals surface area (Å²) in [6, 6.07) is 23.6. The van der Waals surface area contributed by atoms with Gasteiger partial charge in [0.2, 0.25) is 0 Å². The molecule has 152 valence electrons. The highest BCUT2D eigenvalue weighted by Gasteiger charge is 2.27. The Morgan fingerprint density at radius 1 is 0.517 bits per heavy atom. The Morgan fingerprint density at radius 3 is 0.966 bits per heavy atom. The van der Waals surface area contributed by atoms with E-state index in [4.69, 9.17) is 25.4 Å². The van der Waals surface area contributed by atoms with E-state index in [0.717, 1.165) is 19.3 Å². The normalized spacial score (nSPS) is 11.1. The van der Waals surface area contributed by atoms with Crippen LogP contribution in [0.1, 0.15) is 37.5 Å². The molecule has 0 aliphatic rings. The smallest absolute Gasteiger partial charge is 0.407 e. The summed E-state index contributed by atoms with van der Waals surface area (Å²) in [4.78, 5) is 0. The molecule has 0 radical (unpaired) electrons. The van der Waals surface area contributed by atoms with Crippen LogP contribution in [0, 0.1) is 0 Å². The van der Waals surface area contributed by atoms with Crippen molar-refractivity contribution >= 4 is 18.5 Å². The van der Waals surface area contributed by atoms with E-state index in [-0.39, 0.29) is 0 Å². The third kappa shape index (κ3) is 6.09. The molecule has 0 N–H and O–H groups in total. The molecule has 3 aromatic rings. The maximum absolute atomic E-state index is 6.10. The van der Waals surface area contributed by atoms with Crippen molar-refractivity contribution in [1.82, 2.24) is 0 Å². The van der Waals surface area contributed by atoms with Gasteiger partial charge in [-0.25, -0.2) is 0 Å². The predicted molar refractivity (Wildman–Crippen MR) is 124 cm³/mol. The predicted octanol–water partition coefficient (Wildman–Crippen LogP) is 7.14. The van der Waals surface area contributed by atoms with Crippen LogP contribution in [0.25, 0.3) is 0 Å². The monoisotopic (exact) mass is 426 g/mol. The summed E-state index contributed by atoms with van der Waals surface area (Å²) in [5.41, 5.74) is 3.70. The quantitative estimate of drug-likeness (QED) is 0.340. The van der Waals surface area contributed by atoms with Gasteiger partial charge in [0.1, 0.15) is 17.2 Å². The molecule has 0 unspecified atom stereocenters. The molecule has 0 spiro atoms. The largest absolute Gasteiger partial charge is 0.490 e. The van der Waals surface area contributed by atoms with E-state index in [9.17, 15) is 0 Å². The zero-order chi connectivity index (χ0) is 20.7. The van der Waals surface area contributed by atoms with Gasteiger partial charge in [0, 0.05) is 11.8 Å². The SMILES string of the molecule is CCc1ccc(OP(=S)(Oc2ccc(CC)cc2)Oc2ccc(CC)cc2)cc1. The fraction of sp³-hybridized carbons (Fsp3) is 0.250. The van der Waals surface area contributed by atoms with Crippen molar-refractivity contribution in [3.8, 4) is 17.2 Å². The van der Waals surface area contributed by atoms with Crippen molar-refractivity contribution in [2.45, 2.75) is 40.0 Å². The Hall–Kier alpha value is -2.29. The summed E-state index contributed by atoms with van der Waals surface area (Å²) in [5, 5.41) is 0. The summed E-state index contributed by atoms with van der Waals surface area (Å²) in [6.07, 6.45) is 2.90. The molecular weight excluding hydrogens is 399 g/mol. The topological polar surface area (TPSA) is 27.7 Å². The third-order valence-electron chi connectivity index (χ3n) is 4.65. The van der Waals surface area contributed by atoms with Crippen LogP contribution in [0.15, 0.2) is 72.8 Å². The van der Waals surface area contributed by atoms with Crippen molar-refractivity contribution in [2.75, 3.05) is 0 Å². The Kier molecular flexibility index (Phi) is 7.35. The lowest BCUT2D eigenvalue weighted by Crippen LogP contribution is -2.07. The number of rotatable bonds is 9. The molecule has 0 aliphatic carbocycles. The van der Waals surface area contributed by atoms with Crippen LogP contribution in [0.4, 0.5) is 0 Å². The van der Waals surface area contributed by atoms with Crippen molar-refractivity contribution in [3.05, 3.63) is 89.5 Å². The van der Waals surface area contributed by atoms with Gasteiger partial charge in [-0.05, 0) is 72.4 Å². The third-order valence-corrected chi connectivity index (χ3v) is 6.62. The highest BCUT2D eigenvalue weighted by atomic mass is 32.5.